The Morgan fingerprint density at radius 2 is 1.97 bits per heavy atom. The van der Waals surface area contributed by atoms with Gasteiger partial charge in [0.15, 0.2) is 5.82 Å². The molecule has 0 fully saturated rings. The Morgan fingerprint density at radius 1 is 1.16 bits per heavy atom. The number of aryl methyl sites for hydroxylation is 1. The molecule has 158 valence electrons. The highest BCUT2D eigenvalue weighted by molar-refractivity contribution is 5.80. The van der Waals surface area contributed by atoms with E-state index < -0.39 is 0 Å². The Morgan fingerprint density at radius 3 is 2.74 bits per heavy atom. The molecule has 0 radical (unpaired) electrons. The molecule has 0 atom stereocenters. The van der Waals surface area contributed by atoms with Gasteiger partial charge in [-0.05, 0) is 19.9 Å². The number of rotatable bonds is 6. The van der Waals surface area contributed by atoms with Crippen molar-refractivity contribution in [1.29, 1.82) is 0 Å². The summed E-state index contributed by atoms with van der Waals surface area (Å²) < 4.78 is 3.19. The van der Waals surface area contributed by atoms with Gasteiger partial charge in [0.25, 0.3) is 5.56 Å². The minimum atomic E-state index is -0.260. The van der Waals surface area contributed by atoms with E-state index in [4.69, 9.17) is 5.73 Å². The first-order valence-electron chi connectivity index (χ1n) is 10.0. The maximum absolute atomic E-state index is 13.4. The van der Waals surface area contributed by atoms with Crippen molar-refractivity contribution in [2.75, 3.05) is 25.0 Å². The zero-order valence-electron chi connectivity index (χ0n) is 17.8. The van der Waals surface area contributed by atoms with Gasteiger partial charge in [-0.3, -0.25) is 9.36 Å². The van der Waals surface area contributed by atoms with Gasteiger partial charge in [0.05, 0.1) is 18.3 Å². The number of imidazole rings is 1. The van der Waals surface area contributed by atoms with Crippen LogP contribution in [-0.4, -0.2) is 49.4 Å². The van der Waals surface area contributed by atoms with Crippen molar-refractivity contribution in [3.05, 3.63) is 52.3 Å². The molecule has 4 aromatic rings. The fraction of sp³-hybridized carbons (Fsp3) is 0.318. The van der Waals surface area contributed by atoms with Gasteiger partial charge in [-0.2, -0.15) is 5.10 Å². The molecule has 0 bridgehead atoms. The zero-order valence-corrected chi connectivity index (χ0v) is 17.8. The van der Waals surface area contributed by atoms with Gasteiger partial charge in [0, 0.05) is 31.2 Å². The molecule has 31 heavy (non-hydrogen) atoms. The molecule has 0 saturated carbocycles. The molecule has 0 aliphatic heterocycles. The van der Waals surface area contributed by atoms with Gasteiger partial charge in [-0.15, -0.1) is 5.92 Å². The highest BCUT2D eigenvalue weighted by Crippen LogP contribution is 2.19. The highest BCUT2D eigenvalue weighted by Gasteiger charge is 2.19. The Balaban J connectivity index is 1.81. The second kappa shape index (κ2) is 8.53. The largest absolute Gasteiger partial charge is 0.344 e. The van der Waals surface area contributed by atoms with Crippen molar-refractivity contribution < 1.29 is 0 Å². The maximum atomic E-state index is 13.4. The molecule has 9 nitrogen and oxygen atoms in total. The fourth-order valence-corrected chi connectivity index (χ4v) is 3.58. The van der Waals surface area contributed by atoms with Crippen LogP contribution in [0.3, 0.4) is 0 Å². The van der Waals surface area contributed by atoms with Gasteiger partial charge < -0.3 is 10.6 Å². The predicted octanol–water partition coefficient (Wildman–Crippen LogP) is 1.31. The summed E-state index contributed by atoms with van der Waals surface area (Å²) >= 11 is 0. The predicted molar refractivity (Wildman–Crippen MR) is 121 cm³/mol. The van der Waals surface area contributed by atoms with E-state index in [1.807, 2.05) is 47.7 Å². The molecule has 0 aliphatic rings. The molecule has 3 heterocycles. The van der Waals surface area contributed by atoms with Gasteiger partial charge in [0.1, 0.15) is 17.6 Å². The van der Waals surface area contributed by atoms with Crippen LogP contribution < -0.4 is 16.2 Å². The van der Waals surface area contributed by atoms with E-state index in [-0.39, 0.29) is 12.1 Å². The standard InChI is InChI=1S/C22H24N8O/c1-4-5-11-29-20-18(27-22(29)28(3)12-10-23)13-24-30(21(20)31)14-19-25-15(2)16-8-6-7-9-17(16)26-19/h6-9,13H,10-12,14,23H2,1-3H3. The van der Waals surface area contributed by atoms with E-state index in [1.54, 1.807) is 13.1 Å². The van der Waals surface area contributed by atoms with Crippen molar-refractivity contribution in [2.24, 2.45) is 5.73 Å². The van der Waals surface area contributed by atoms with Crippen LogP contribution in [0.15, 0.2) is 35.3 Å². The average molecular weight is 416 g/mol. The average Bonchev–Trinajstić information content (AvgIpc) is 3.14. The van der Waals surface area contributed by atoms with Crippen LogP contribution >= 0.6 is 0 Å². The van der Waals surface area contributed by atoms with Crippen LogP contribution in [0.5, 0.6) is 0 Å². The Kier molecular flexibility index (Phi) is 5.64. The van der Waals surface area contributed by atoms with E-state index in [0.717, 1.165) is 16.6 Å². The number of para-hydroxylation sites is 1. The minimum Gasteiger partial charge on any atom is -0.344 e. The van der Waals surface area contributed by atoms with E-state index in [9.17, 15) is 4.79 Å². The van der Waals surface area contributed by atoms with Crippen LogP contribution in [0.4, 0.5) is 5.95 Å². The number of fused-ring (bicyclic) bond motifs is 2. The van der Waals surface area contributed by atoms with Gasteiger partial charge in [0.2, 0.25) is 5.95 Å². The lowest BCUT2D eigenvalue weighted by Crippen LogP contribution is -2.29. The van der Waals surface area contributed by atoms with Crippen LogP contribution in [0.2, 0.25) is 0 Å². The molecular weight excluding hydrogens is 392 g/mol. The van der Waals surface area contributed by atoms with Crippen LogP contribution in [-0.2, 0) is 13.1 Å². The van der Waals surface area contributed by atoms with Crippen LogP contribution in [0.1, 0.15) is 18.4 Å². The molecule has 0 aliphatic carbocycles. The first kappa shape index (κ1) is 20.5. The second-order valence-electron chi connectivity index (χ2n) is 7.22. The van der Waals surface area contributed by atoms with E-state index in [2.05, 4.69) is 31.9 Å². The lowest BCUT2D eigenvalue weighted by Gasteiger charge is -2.17. The third kappa shape index (κ3) is 3.85. The maximum Gasteiger partial charge on any atom is 0.293 e. The van der Waals surface area contributed by atoms with Gasteiger partial charge in [-0.1, -0.05) is 24.1 Å². The Labute approximate surface area is 179 Å². The highest BCUT2D eigenvalue weighted by atomic mass is 16.1. The number of nitrogens with two attached hydrogens (primary N) is 1. The second-order valence-corrected chi connectivity index (χ2v) is 7.22. The van der Waals surface area contributed by atoms with Crippen molar-refractivity contribution in [2.45, 2.75) is 26.9 Å². The number of likely N-dealkylation sites (N-methyl/N-ethyl adjacent to an activating group) is 1. The minimum absolute atomic E-state index is 0.166. The number of nitrogens with zero attached hydrogens (tertiary/aromatic N) is 7. The lowest BCUT2D eigenvalue weighted by molar-refractivity contribution is 0.618. The number of hydrogen-bond donors (Lipinski definition) is 1. The molecule has 0 spiro atoms. The topological polar surface area (TPSA) is 108 Å². The molecule has 0 amide bonds. The van der Waals surface area contributed by atoms with Gasteiger partial charge in [-0.25, -0.2) is 19.6 Å². The Bertz CT molecular complexity index is 1380. The van der Waals surface area contributed by atoms with Crippen molar-refractivity contribution in [1.82, 2.24) is 29.3 Å². The Hall–Kier alpha value is -3.77. The molecule has 1 aromatic carbocycles. The summed E-state index contributed by atoms with van der Waals surface area (Å²) in [6.45, 7) is 5.29. The van der Waals surface area contributed by atoms with Crippen LogP contribution in [0, 0.1) is 18.8 Å². The molecule has 9 heteroatoms. The van der Waals surface area contributed by atoms with Gasteiger partial charge >= 0.3 is 0 Å². The smallest absolute Gasteiger partial charge is 0.293 e. The normalized spacial score (nSPS) is 11.0. The molecule has 4 rings (SSSR count). The third-order valence-electron chi connectivity index (χ3n) is 5.08. The van der Waals surface area contributed by atoms with E-state index in [0.29, 0.717) is 42.4 Å². The number of benzene rings is 1. The summed E-state index contributed by atoms with van der Waals surface area (Å²) in [5, 5.41) is 5.31. The van der Waals surface area contributed by atoms with Crippen molar-refractivity contribution in [3.63, 3.8) is 0 Å². The number of aromatic nitrogens is 6. The van der Waals surface area contributed by atoms with Crippen molar-refractivity contribution >= 4 is 27.9 Å². The summed E-state index contributed by atoms with van der Waals surface area (Å²) in [6.07, 6.45) is 1.60. The van der Waals surface area contributed by atoms with E-state index >= 15 is 0 Å². The molecule has 0 saturated heterocycles. The summed E-state index contributed by atoms with van der Waals surface area (Å²) in [5.74, 6) is 7.07. The monoisotopic (exact) mass is 416 g/mol. The van der Waals surface area contributed by atoms with Crippen LogP contribution in [0.25, 0.3) is 21.9 Å². The fourth-order valence-electron chi connectivity index (χ4n) is 3.58. The molecule has 3 aromatic heterocycles. The van der Waals surface area contributed by atoms with E-state index in [1.165, 1.54) is 4.68 Å². The first-order chi connectivity index (χ1) is 15.0. The summed E-state index contributed by atoms with van der Waals surface area (Å²) in [6, 6.07) is 7.81. The summed E-state index contributed by atoms with van der Waals surface area (Å²) in [7, 11) is 1.89. The summed E-state index contributed by atoms with van der Waals surface area (Å²) in [5.41, 5.74) is 8.12. The quantitative estimate of drug-likeness (QED) is 0.472. The summed E-state index contributed by atoms with van der Waals surface area (Å²) in [4.78, 5) is 29.0. The molecular formula is C22H24N8O. The lowest BCUT2D eigenvalue weighted by atomic mass is 10.2. The number of hydrogen-bond acceptors (Lipinski definition) is 7. The first-order valence-corrected chi connectivity index (χ1v) is 10.0. The van der Waals surface area contributed by atoms with Crippen molar-refractivity contribution in [3.8, 4) is 11.8 Å². The molecule has 2 N–H and O–H groups in total. The number of anilines is 1. The third-order valence-corrected chi connectivity index (χ3v) is 5.08. The SMILES string of the molecule is CC#CCn1c(N(C)CCN)nc2cnn(Cc3nc(C)c4ccccc4n3)c(=O)c21. The molecule has 0 unspecified atom stereocenters. The zero-order chi connectivity index (χ0) is 22.0.